The molecule has 3 amide bonds. The highest BCUT2D eigenvalue weighted by atomic mass is 16.2. The SMILES string of the molecule is CC(C)CCN1C(=O)c2ccc(C(=O)Nc3ccccc3)cc2C1=O. The van der Waals surface area contributed by atoms with Gasteiger partial charge in [-0.25, -0.2) is 0 Å². The number of carbonyl (C=O) groups excluding carboxylic acids is 3. The van der Waals surface area contributed by atoms with Crippen LogP contribution >= 0.6 is 0 Å². The molecule has 0 unspecified atom stereocenters. The molecule has 0 spiro atoms. The monoisotopic (exact) mass is 336 g/mol. The van der Waals surface area contributed by atoms with Gasteiger partial charge in [0.1, 0.15) is 0 Å². The Bertz CT molecular complexity index is 828. The van der Waals surface area contributed by atoms with Crippen LogP contribution in [0.2, 0.25) is 0 Å². The zero-order valence-corrected chi connectivity index (χ0v) is 14.3. The molecule has 0 fully saturated rings. The summed E-state index contributed by atoms with van der Waals surface area (Å²) in [6.45, 7) is 4.49. The first kappa shape index (κ1) is 16.9. The van der Waals surface area contributed by atoms with Crippen LogP contribution in [-0.2, 0) is 0 Å². The second-order valence-electron chi connectivity index (χ2n) is 6.52. The van der Waals surface area contributed by atoms with Crippen LogP contribution in [0.1, 0.15) is 51.3 Å². The summed E-state index contributed by atoms with van der Waals surface area (Å²) in [4.78, 5) is 38.6. The summed E-state index contributed by atoms with van der Waals surface area (Å²) in [6.07, 6.45) is 0.757. The van der Waals surface area contributed by atoms with Gasteiger partial charge in [0.2, 0.25) is 0 Å². The third-order valence-electron chi connectivity index (χ3n) is 4.19. The van der Waals surface area contributed by atoms with E-state index >= 15 is 0 Å². The maximum absolute atomic E-state index is 12.5. The van der Waals surface area contributed by atoms with Crippen molar-refractivity contribution in [2.75, 3.05) is 11.9 Å². The summed E-state index contributed by atoms with van der Waals surface area (Å²) in [5.41, 5.74) is 1.70. The molecule has 0 atom stereocenters. The van der Waals surface area contributed by atoms with Crippen molar-refractivity contribution in [3.05, 3.63) is 65.2 Å². The van der Waals surface area contributed by atoms with Gasteiger partial charge in [-0.2, -0.15) is 0 Å². The van der Waals surface area contributed by atoms with Crippen molar-refractivity contribution in [1.29, 1.82) is 0 Å². The van der Waals surface area contributed by atoms with Crippen LogP contribution in [0, 0.1) is 5.92 Å². The van der Waals surface area contributed by atoms with Crippen LogP contribution in [0.15, 0.2) is 48.5 Å². The van der Waals surface area contributed by atoms with Crippen LogP contribution in [0.5, 0.6) is 0 Å². The first-order valence-electron chi connectivity index (χ1n) is 8.34. The first-order chi connectivity index (χ1) is 12.0. The van der Waals surface area contributed by atoms with Crippen molar-refractivity contribution in [1.82, 2.24) is 4.90 Å². The minimum absolute atomic E-state index is 0.282. The number of nitrogens with one attached hydrogen (secondary N) is 1. The number of fused-ring (bicyclic) bond motifs is 1. The molecule has 0 radical (unpaired) electrons. The third-order valence-corrected chi connectivity index (χ3v) is 4.19. The van der Waals surface area contributed by atoms with Crippen molar-refractivity contribution in [3.8, 4) is 0 Å². The number of hydrogen-bond acceptors (Lipinski definition) is 3. The van der Waals surface area contributed by atoms with Gasteiger partial charge < -0.3 is 5.32 Å². The van der Waals surface area contributed by atoms with Gasteiger partial charge in [-0.3, -0.25) is 19.3 Å². The molecule has 2 aromatic rings. The van der Waals surface area contributed by atoms with Gasteiger partial charge in [-0.05, 0) is 42.7 Å². The van der Waals surface area contributed by atoms with E-state index < -0.39 is 0 Å². The standard InChI is InChI=1S/C20H20N2O3/c1-13(2)10-11-22-19(24)16-9-8-14(12-17(16)20(22)25)18(23)21-15-6-4-3-5-7-15/h3-9,12-13H,10-11H2,1-2H3,(H,21,23). The molecule has 1 heterocycles. The fraction of sp³-hybridized carbons (Fsp3) is 0.250. The fourth-order valence-electron chi connectivity index (χ4n) is 2.75. The van der Waals surface area contributed by atoms with Gasteiger partial charge in [-0.15, -0.1) is 0 Å². The number of imide groups is 1. The lowest BCUT2D eigenvalue weighted by atomic mass is 10.1. The Hall–Kier alpha value is -2.95. The smallest absolute Gasteiger partial charge is 0.261 e. The zero-order chi connectivity index (χ0) is 18.0. The summed E-state index contributed by atoms with van der Waals surface area (Å²) in [5.74, 6) is -0.517. The van der Waals surface area contributed by atoms with Crippen LogP contribution < -0.4 is 5.32 Å². The molecular weight excluding hydrogens is 316 g/mol. The number of nitrogens with zero attached hydrogens (tertiary/aromatic N) is 1. The van der Waals surface area contributed by atoms with Crippen LogP contribution in [0.4, 0.5) is 5.69 Å². The lowest BCUT2D eigenvalue weighted by Crippen LogP contribution is -2.31. The topological polar surface area (TPSA) is 66.5 Å². The van der Waals surface area contributed by atoms with Gasteiger partial charge in [0.25, 0.3) is 17.7 Å². The molecule has 1 aliphatic rings. The number of anilines is 1. The molecule has 0 saturated heterocycles. The summed E-state index contributed by atoms with van der Waals surface area (Å²) in [6, 6.07) is 13.7. The summed E-state index contributed by atoms with van der Waals surface area (Å²) >= 11 is 0. The van der Waals surface area contributed by atoms with Crippen LogP contribution in [0.3, 0.4) is 0 Å². The first-order valence-corrected chi connectivity index (χ1v) is 8.34. The number of rotatable bonds is 5. The van der Waals surface area contributed by atoms with E-state index in [9.17, 15) is 14.4 Å². The molecule has 5 nitrogen and oxygen atoms in total. The molecule has 1 aliphatic heterocycles. The highest BCUT2D eigenvalue weighted by molar-refractivity contribution is 6.22. The highest BCUT2D eigenvalue weighted by Crippen LogP contribution is 2.25. The molecule has 0 saturated carbocycles. The Labute approximate surface area is 146 Å². The van der Waals surface area contributed by atoms with E-state index in [1.165, 1.54) is 11.0 Å². The van der Waals surface area contributed by atoms with Gasteiger partial charge in [-0.1, -0.05) is 32.0 Å². The largest absolute Gasteiger partial charge is 0.322 e. The molecule has 2 aromatic carbocycles. The molecule has 0 aliphatic carbocycles. The predicted octanol–water partition coefficient (Wildman–Crippen LogP) is 3.58. The second-order valence-corrected chi connectivity index (χ2v) is 6.52. The Balaban J connectivity index is 1.81. The Morgan fingerprint density at radius 1 is 1.00 bits per heavy atom. The lowest BCUT2D eigenvalue weighted by Gasteiger charge is -2.14. The molecule has 1 N–H and O–H groups in total. The Morgan fingerprint density at radius 3 is 2.36 bits per heavy atom. The number of benzene rings is 2. The van der Waals surface area contributed by atoms with Gasteiger partial charge in [0.05, 0.1) is 11.1 Å². The second kappa shape index (κ2) is 6.89. The average molecular weight is 336 g/mol. The van der Waals surface area contributed by atoms with E-state index in [-0.39, 0.29) is 17.7 Å². The third kappa shape index (κ3) is 3.45. The average Bonchev–Trinajstić information content (AvgIpc) is 2.84. The summed E-state index contributed by atoms with van der Waals surface area (Å²) < 4.78 is 0. The number of para-hydroxylation sites is 1. The predicted molar refractivity (Wildman–Crippen MR) is 95.7 cm³/mol. The van der Waals surface area contributed by atoms with Gasteiger partial charge in [0, 0.05) is 17.8 Å². The Kier molecular flexibility index (Phi) is 4.65. The minimum atomic E-state index is -0.324. The van der Waals surface area contributed by atoms with E-state index in [0.717, 1.165) is 6.42 Å². The van der Waals surface area contributed by atoms with Crippen molar-refractivity contribution in [3.63, 3.8) is 0 Å². The molecule has 5 heteroatoms. The van der Waals surface area contributed by atoms with Crippen molar-refractivity contribution in [2.45, 2.75) is 20.3 Å². The maximum atomic E-state index is 12.5. The molecule has 128 valence electrons. The van der Waals surface area contributed by atoms with Gasteiger partial charge >= 0.3 is 0 Å². The molecule has 3 rings (SSSR count). The molecule has 0 bridgehead atoms. The van der Waals surface area contributed by atoms with E-state index in [0.29, 0.717) is 34.8 Å². The van der Waals surface area contributed by atoms with E-state index in [1.54, 1.807) is 24.3 Å². The molecular formula is C20H20N2O3. The van der Waals surface area contributed by atoms with Gasteiger partial charge in [0.15, 0.2) is 0 Å². The van der Waals surface area contributed by atoms with Crippen molar-refractivity contribution < 1.29 is 14.4 Å². The van der Waals surface area contributed by atoms with Crippen LogP contribution in [0.25, 0.3) is 0 Å². The summed E-state index contributed by atoms with van der Waals surface area (Å²) in [5, 5.41) is 2.78. The lowest BCUT2D eigenvalue weighted by molar-refractivity contribution is 0.0647. The maximum Gasteiger partial charge on any atom is 0.261 e. The normalized spacial score (nSPS) is 13.3. The van der Waals surface area contributed by atoms with E-state index in [2.05, 4.69) is 5.32 Å². The quantitative estimate of drug-likeness (QED) is 0.849. The molecule has 0 aromatic heterocycles. The minimum Gasteiger partial charge on any atom is -0.322 e. The number of carbonyl (C=O) groups is 3. The highest BCUT2D eigenvalue weighted by Gasteiger charge is 2.35. The van der Waals surface area contributed by atoms with Crippen molar-refractivity contribution in [2.24, 2.45) is 5.92 Å². The number of amides is 3. The molecule has 25 heavy (non-hydrogen) atoms. The fourth-order valence-corrected chi connectivity index (χ4v) is 2.75. The van der Waals surface area contributed by atoms with Crippen molar-refractivity contribution >= 4 is 23.4 Å². The number of hydrogen-bond donors (Lipinski definition) is 1. The van der Waals surface area contributed by atoms with Crippen LogP contribution in [-0.4, -0.2) is 29.2 Å². The Morgan fingerprint density at radius 2 is 1.68 bits per heavy atom. The van der Waals surface area contributed by atoms with E-state index in [1.807, 2.05) is 32.0 Å². The van der Waals surface area contributed by atoms with E-state index in [4.69, 9.17) is 0 Å². The zero-order valence-electron chi connectivity index (χ0n) is 14.3. The summed E-state index contributed by atoms with van der Waals surface area (Å²) in [7, 11) is 0.